The normalized spacial score (nSPS) is 20.3. The minimum Gasteiger partial charge on any atom is -0.455 e. The Morgan fingerprint density at radius 3 is 2.41 bits per heavy atom. The molecule has 0 amide bonds. The molecular formula is C19H16F6N2O2. The molecule has 0 saturated carbocycles. The molecule has 1 aliphatic rings. The molecule has 29 heavy (non-hydrogen) atoms. The molecule has 1 aromatic carbocycles. The van der Waals surface area contributed by atoms with Gasteiger partial charge >= 0.3 is 6.18 Å². The lowest BCUT2D eigenvalue weighted by molar-refractivity contribution is -0.128. The molecule has 0 spiro atoms. The predicted octanol–water partition coefficient (Wildman–Crippen LogP) is 5.41. The Bertz CT molecular complexity index is 926. The van der Waals surface area contributed by atoms with Gasteiger partial charge in [0.2, 0.25) is 0 Å². The summed E-state index contributed by atoms with van der Waals surface area (Å²) in [7, 11) is 0. The van der Waals surface area contributed by atoms with Gasteiger partial charge in [0.1, 0.15) is 17.7 Å². The van der Waals surface area contributed by atoms with Gasteiger partial charge < -0.3 is 9.84 Å². The highest BCUT2D eigenvalue weighted by molar-refractivity contribution is 5.51. The van der Waals surface area contributed by atoms with Gasteiger partial charge in [0.25, 0.3) is 0 Å². The molecule has 3 atom stereocenters. The predicted molar refractivity (Wildman–Crippen MR) is 90.2 cm³/mol. The van der Waals surface area contributed by atoms with E-state index in [4.69, 9.17) is 10.00 Å². The lowest BCUT2D eigenvalue weighted by Crippen LogP contribution is -2.16. The SMILES string of the molecule is CC.N#Cc1cc(F)cc(Oc2cnc(CC(F)(F)F)c3c2C(F)C(F)C3O)c1. The zero-order chi connectivity index (χ0) is 21.9. The Hall–Kier alpha value is -2.80. The molecule has 1 heterocycles. The molecule has 1 N–H and O–H groups in total. The highest BCUT2D eigenvalue weighted by Crippen LogP contribution is 2.49. The Balaban J connectivity index is 0.00000145. The fourth-order valence-corrected chi connectivity index (χ4v) is 2.88. The number of aromatic nitrogens is 1. The van der Waals surface area contributed by atoms with Crippen LogP contribution in [-0.4, -0.2) is 22.4 Å². The topological polar surface area (TPSA) is 66.1 Å². The average molecular weight is 418 g/mol. The summed E-state index contributed by atoms with van der Waals surface area (Å²) < 4.78 is 85.1. The highest BCUT2D eigenvalue weighted by Gasteiger charge is 2.46. The van der Waals surface area contributed by atoms with Gasteiger partial charge in [-0.1, -0.05) is 13.8 Å². The molecular weight excluding hydrogens is 402 g/mol. The Morgan fingerprint density at radius 1 is 1.17 bits per heavy atom. The number of nitriles is 1. The van der Waals surface area contributed by atoms with Crippen LogP contribution in [0.4, 0.5) is 26.3 Å². The molecule has 10 heteroatoms. The van der Waals surface area contributed by atoms with Crippen LogP contribution in [0.25, 0.3) is 0 Å². The number of aliphatic hydroxyl groups is 1. The second-order valence-electron chi connectivity index (χ2n) is 5.87. The second-order valence-corrected chi connectivity index (χ2v) is 5.87. The average Bonchev–Trinajstić information content (AvgIpc) is 2.89. The van der Waals surface area contributed by atoms with E-state index in [1.807, 2.05) is 13.8 Å². The minimum atomic E-state index is -4.71. The lowest BCUT2D eigenvalue weighted by Gasteiger charge is -2.16. The number of rotatable bonds is 3. The van der Waals surface area contributed by atoms with E-state index < -0.39 is 59.4 Å². The van der Waals surface area contributed by atoms with E-state index in [2.05, 4.69) is 4.98 Å². The zero-order valence-electron chi connectivity index (χ0n) is 15.3. The first-order valence-electron chi connectivity index (χ1n) is 8.54. The van der Waals surface area contributed by atoms with E-state index in [0.29, 0.717) is 0 Å². The van der Waals surface area contributed by atoms with Crippen LogP contribution in [0.3, 0.4) is 0 Å². The van der Waals surface area contributed by atoms with E-state index >= 15 is 0 Å². The van der Waals surface area contributed by atoms with Gasteiger partial charge in [-0.2, -0.15) is 18.4 Å². The number of nitrogens with zero attached hydrogens (tertiary/aromatic N) is 2. The Labute approximate surface area is 162 Å². The first-order valence-corrected chi connectivity index (χ1v) is 8.54. The maximum atomic E-state index is 14.3. The van der Waals surface area contributed by atoms with Crippen LogP contribution in [-0.2, 0) is 6.42 Å². The summed E-state index contributed by atoms with van der Waals surface area (Å²) in [5, 5.41) is 18.7. The van der Waals surface area contributed by atoms with Crippen molar-refractivity contribution in [3.63, 3.8) is 0 Å². The third-order valence-corrected chi connectivity index (χ3v) is 3.95. The van der Waals surface area contributed by atoms with Crippen molar-refractivity contribution in [1.29, 1.82) is 5.26 Å². The van der Waals surface area contributed by atoms with Crippen LogP contribution < -0.4 is 4.74 Å². The summed E-state index contributed by atoms with van der Waals surface area (Å²) in [6, 6.07) is 4.52. The van der Waals surface area contributed by atoms with Gasteiger partial charge in [-0.25, -0.2) is 13.2 Å². The van der Waals surface area contributed by atoms with Crippen molar-refractivity contribution >= 4 is 0 Å². The van der Waals surface area contributed by atoms with Crippen molar-refractivity contribution in [1.82, 2.24) is 4.98 Å². The maximum Gasteiger partial charge on any atom is 0.394 e. The van der Waals surface area contributed by atoms with Gasteiger partial charge in [-0.15, -0.1) is 0 Å². The van der Waals surface area contributed by atoms with E-state index in [-0.39, 0.29) is 11.3 Å². The van der Waals surface area contributed by atoms with E-state index in [1.165, 1.54) is 0 Å². The van der Waals surface area contributed by atoms with Crippen molar-refractivity contribution in [2.45, 2.75) is 44.9 Å². The molecule has 1 aliphatic carbocycles. The number of fused-ring (bicyclic) bond motifs is 1. The quantitative estimate of drug-likeness (QED) is 0.677. The zero-order valence-corrected chi connectivity index (χ0v) is 15.3. The van der Waals surface area contributed by atoms with Crippen LogP contribution >= 0.6 is 0 Å². The first-order chi connectivity index (χ1) is 13.6. The van der Waals surface area contributed by atoms with Gasteiger partial charge in [0.15, 0.2) is 18.1 Å². The molecule has 156 valence electrons. The first kappa shape index (κ1) is 22.5. The highest BCUT2D eigenvalue weighted by atomic mass is 19.4. The molecule has 3 unspecified atom stereocenters. The monoisotopic (exact) mass is 418 g/mol. The number of benzene rings is 1. The third-order valence-electron chi connectivity index (χ3n) is 3.95. The van der Waals surface area contributed by atoms with E-state index in [0.717, 1.165) is 24.4 Å². The van der Waals surface area contributed by atoms with Crippen LogP contribution in [0, 0.1) is 17.1 Å². The lowest BCUT2D eigenvalue weighted by atomic mass is 10.0. The second kappa shape index (κ2) is 8.69. The fourth-order valence-electron chi connectivity index (χ4n) is 2.88. The Kier molecular flexibility index (Phi) is 6.74. The summed E-state index contributed by atoms with van der Waals surface area (Å²) in [5.74, 6) is -1.58. The molecule has 0 saturated heterocycles. The van der Waals surface area contributed by atoms with Crippen LogP contribution in [0.2, 0.25) is 0 Å². The summed E-state index contributed by atoms with van der Waals surface area (Å²) >= 11 is 0. The maximum absolute atomic E-state index is 14.3. The standard InChI is InChI=1S/C17H10F6N2O2.C2H6/c18-8-1-7(5-24)2-9(3-8)27-11-6-25-10(4-17(21,22)23)12-13(11)14(19)15(20)16(12)26;1-2/h1-3,6,14-16,26H,4H2;1-2H3. The molecule has 0 aliphatic heterocycles. The van der Waals surface area contributed by atoms with Crippen LogP contribution in [0.1, 0.15) is 48.5 Å². The van der Waals surface area contributed by atoms with Crippen molar-refractivity contribution < 1.29 is 36.2 Å². The number of ether oxygens (including phenoxy) is 1. The smallest absolute Gasteiger partial charge is 0.394 e. The summed E-state index contributed by atoms with van der Waals surface area (Å²) in [6.07, 6.45) is -12.7. The molecule has 1 aromatic heterocycles. The summed E-state index contributed by atoms with van der Waals surface area (Å²) in [5.41, 5.74) is -2.10. The van der Waals surface area contributed by atoms with Gasteiger partial charge in [0, 0.05) is 17.2 Å². The van der Waals surface area contributed by atoms with Crippen molar-refractivity contribution in [3.05, 3.63) is 52.6 Å². The van der Waals surface area contributed by atoms with Crippen molar-refractivity contribution in [2.24, 2.45) is 0 Å². The molecule has 4 nitrogen and oxygen atoms in total. The van der Waals surface area contributed by atoms with Crippen LogP contribution in [0.15, 0.2) is 24.4 Å². The largest absolute Gasteiger partial charge is 0.455 e. The minimum absolute atomic E-state index is 0.122. The van der Waals surface area contributed by atoms with E-state index in [1.54, 1.807) is 6.07 Å². The number of hydrogen-bond donors (Lipinski definition) is 1. The van der Waals surface area contributed by atoms with Crippen molar-refractivity contribution in [2.75, 3.05) is 0 Å². The summed E-state index contributed by atoms with van der Waals surface area (Å²) in [6.45, 7) is 4.00. The molecule has 3 rings (SSSR count). The number of hydrogen-bond acceptors (Lipinski definition) is 4. The van der Waals surface area contributed by atoms with Gasteiger partial charge in [-0.05, 0) is 12.1 Å². The number of pyridine rings is 1. The molecule has 2 aromatic rings. The van der Waals surface area contributed by atoms with E-state index in [9.17, 15) is 31.4 Å². The van der Waals surface area contributed by atoms with Gasteiger partial charge in [-0.3, -0.25) is 4.98 Å². The molecule has 0 bridgehead atoms. The van der Waals surface area contributed by atoms with Crippen LogP contribution in [0.5, 0.6) is 11.5 Å². The number of alkyl halides is 5. The third kappa shape index (κ3) is 4.79. The van der Waals surface area contributed by atoms with Crippen molar-refractivity contribution in [3.8, 4) is 17.6 Å². The fraction of sp³-hybridized carbons (Fsp3) is 0.368. The summed E-state index contributed by atoms with van der Waals surface area (Å²) in [4.78, 5) is 3.52. The van der Waals surface area contributed by atoms with Gasteiger partial charge in [0.05, 0.1) is 29.9 Å². The Morgan fingerprint density at radius 2 is 1.83 bits per heavy atom. The number of aliphatic hydroxyl groups excluding tert-OH is 1. The number of halogens is 6. The molecule has 0 fully saturated rings. The molecule has 0 radical (unpaired) electrons.